The van der Waals surface area contributed by atoms with Crippen molar-refractivity contribution in [3.8, 4) is 16.5 Å². The number of thiazole rings is 1. The van der Waals surface area contributed by atoms with Gasteiger partial charge >= 0.3 is 0 Å². The van der Waals surface area contributed by atoms with Crippen LogP contribution in [0.25, 0.3) is 10.8 Å². The van der Waals surface area contributed by atoms with Crippen molar-refractivity contribution >= 4 is 28.8 Å². The second-order valence-corrected chi connectivity index (χ2v) is 6.68. The number of furan rings is 1. The molecule has 0 aliphatic heterocycles. The van der Waals surface area contributed by atoms with Gasteiger partial charge in [0.25, 0.3) is 0 Å². The number of carbonyl (C=O) groups excluding carboxylic acids is 1. The Labute approximate surface area is 154 Å². The van der Waals surface area contributed by atoms with Crippen molar-refractivity contribution in [1.82, 2.24) is 10.3 Å². The van der Waals surface area contributed by atoms with Crippen molar-refractivity contribution in [2.24, 2.45) is 0 Å². The summed E-state index contributed by atoms with van der Waals surface area (Å²) in [4.78, 5) is 16.4. The SMILES string of the molecule is Cc1ccc(-c2nc(CC(=O)NCCOc3ccc(Cl)cc3)cs2)o1. The van der Waals surface area contributed by atoms with Crippen LogP contribution in [0.2, 0.25) is 5.02 Å². The highest BCUT2D eigenvalue weighted by molar-refractivity contribution is 7.13. The fourth-order valence-corrected chi connectivity index (χ4v) is 3.07. The standard InChI is InChI=1S/C18H17ClN2O3S/c1-12-2-7-16(24-12)18-21-14(11-25-18)10-17(22)20-8-9-23-15-5-3-13(19)4-6-15/h2-7,11H,8-10H2,1H3,(H,20,22). The summed E-state index contributed by atoms with van der Waals surface area (Å²) in [6.45, 7) is 2.70. The number of hydrogen-bond acceptors (Lipinski definition) is 5. The molecule has 130 valence electrons. The largest absolute Gasteiger partial charge is 0.492 e. The molecule has 7 heteroatoms. The normalized spacial score (nSPS) is 10.6. The number of nitrogens with one attached hydrogen (secondary N) is 1. The Balaban J connectivity index is 1.42. The molecule has 0 unspecified atom stereocenters. The predicted molar refractivity (Wildman–Crippen MR) is 98.2 cm³/mol. The first-order valence-electron chi connectivity index (χ1n) is 7.76. The molecule has 0 fully saturated rings. The van der Waals surface area contributed by atoms with Crippen LogP contribution in [0.1, 0.15) is 11.5 Å². The topological polar surface area (TPSA) is 64.4 Å². The summed E-state index contributed by atoms with van der Waals surface area (Å²) >= 11 is 7.27. The van der Waals surface area contributed by atoms with E-state index >= 15 is 0 Å². The van der Waals surface area contributed by atoms with E-state index in [9.17, 15) is 4.79 Å². The molecule has 2 aromatic heterocycles. The second-order valence-electron chi connectivity index (χ2n) is 5.38. The van der Waals surface area contributed by atoms with Crippen molar-refractivity contribution in [2.75, 3.05) is 13.2 Å². The highest BCUT2D eigenvalue weighted by atomic mass is 35.5. The van der Waals surface area contributed by atoms with Crippen molar-refractivity contribution in [3.63, 3.8) is 0 Å². The molecule has 1 N–H and O–H groups in total. The number of benzene rings is 1. The second kappa shape index (κ2) is 8.18. The third-order valence-corrected chi connectivity index (χ3v) is 4.51. The molecule has 0 atom stereocenters. The summed E-state index contributed by atoms with van der Waals surface area (Å²) < 4.78 is 11.1. The van der Waals surface area contributed by atoms with E-state index in [1.165, 1.54) is 11.3 Å². The molecule has 1 amide bonds. The monoisotopic (exact) mass is 376 g/mol. The first kappa shape index (κ1) is 17.5. The number of aryl methyl sites for hydroxylation is 1. The van der Waals surface area contributed by atoms with Crippen LogP contribution in [-0.4, -0.2) is 24.0 Å². The van der Waals surface area contributed by atoms with Gasteiger partial charge in [-0.3, -0.25) is 4.79 Å². The molecule has 2 heterocycles. The van der Waals surface area contributed by atoms with E-state index in [1.807, 2.05) is 24.4 Å². The van der Waals surface area contributed by atoms with Crippen LogP contribution in [0.4, 0.5) is 0 Å². The van der Waals surface area contributed by atoms with E-state index in [-0.39, 0.29) is 12.3 Å². The van der Waals surface area contributed by atoms with Crippen LogP contribution in [0.15, 0.2) is 46.2 Å². The summed E-state index contributed by atoms with van der Waals surface area (Å²) in [6.07, 6.45) is 0.233. The maximum absolute atomic E-state index is 12.0. The number of amides is 1. The van der Waals surface area contributed by atoms with Gasteiger partial charge in [-0.15, -0.1) is 11.3 Å². The molecule has 5 nitrogen and oxygen atoms in total. The Morgan fingerprint density at radius 1 is 1.28 bits per heavy atom. The fraction of sp³-hybridized carbons (Fsp3) is 0.222. The Kier molecular flexibility index (Phi) is 5.73. The van der Waals surface area contributed by atoms with Crippen LogP contribution < -0.4 is 10.1 Å². The Morgan fingerprint density at radius 3 is 2.80 bits per heavy atom. The Bertz CT molecular complexity index is 842. The van der Waals surface area contributed by atoms with Crippen molar-refractivity contribution in [3.05, 3.63) is 58.3 Å². The minimum Gasteiger partial charge on any atom is -0.492 e. The van der Waals surface area contributed by atoms with E-state index in [0.717, 1.165) is 28.0 Å². The van der Waals surface area contributed by atoms with Gasteiger partial charge in [0.1, 0.15) is 18.1 Å². The molecule has 3 rings (SSSR count). The molecule has 3 aromatic rings. The Morgan fingerprint density at radius 2 is 2.08 bits per heavy atom. The van der Waals surface area contributed by atoms with Crippen molar-refractivity contribution in [1.29, 1.82) is 0 Å². The molecule has 25 heavy (non-hydrogen) atoms. The lowest BCUT2D eigenvalue weighted by Gasteiger charge is -2.07. The lowest BCUT2D eigenvalue weighted by atomic mass is 10.3. The minimum absolute atomic E-state index is 0.0906. The smallest absolute Gasteiger partial charge is 0.226 e. The average molecular weight is 377 g/mol. The van der Waals surface area contributed by atoms with Gasteiger partial charge < -0.3 is 14.5 Å². The Hall–Kier alpha value is -2.31. The fourth-order valence-electron chi connectivity index (χ4n) is 2.17. The van der Waals surface area contributed by atoms with E-state index in [4.69, 9.17) is 20.8 Å². The molecule has 0 bridgehead atoms. The van der Waals surface area contributed by atoms with E-state index in [1.54, 1.807) is 24.3 Å². The number of carbonyl (C=O) groups is 1. The molecule has 0 saturated carbocycles. The number of nitrogens with zero attached hydrogens (tertiary/aromatic N) is 1. The van der Waals surface area contributed by atoms with Gasteiger partial charge in [-0.05, 0) is 43.3 Å². The number of hydrogen-bond donors (Lipinski definition) is 1. The first-order valence-corrected chi connectivity index (χ1v) is 9.02. The van der Waals surface area contributed by atoms with Gasteiger partial charge in [-0.1, -0.05) is 11.6 Å². The van der Waals surface area contributed by atoms with Crippen LogP contribution in [-0.2, 0) is 11.2 Å². The molecule has 1 aromatic carbocycles. The zero-order valence-corrected chi connectivity index (χ0v) is 15.2. The quantitative estimate of drug-likeness (QED) is 0.630. The average Bonchev–Trinajstić information content (AvgIpc) is 3.22. The lowest BCUT2D eigenvalue weighted by molar-refractivity contribution is -0.120. The van der Waals surface area contributed by atoms with Gasteiger partial charge in [0.2, 0.25) is 5.91 Å². The lowest BCUT2D eigenvalue weighted by Crippen LogP contribution is -2.29. The van der Waals surface area contributed by atoms with Crippen molar-refractivity contribution in [2.45, 2.75) is 13.3 Å². The number of rotatable bonds is 7. The molecule has 0 radical (unpaired) electrons. The summed E-state index contributed by atoms with van der Waals surface area (Å²) in [5.41, 5.74) is 0.727. The molecular weight excluding hydrogens is 360 g/mol. The third kappa shape index (κ3) is 5.08. The first-order chi connectivity index (χ1) is 12.1. The third-order valence-electron chi connectivity index (χ3n) is 3.35. The number of halogens is 1. The molecule has 0 aliphatic rings. The number of ether oxygens (including phenoxy) is 1. The molecule has 0 aliphatic carbocycles. The summed E-state index contributed by atoms with van der Waals surface area (Å²) in [6, 6.07) is 10.9. The van der Waals surface area contributed by atoms with Crippen LogP contribution in [0.3, 0.4) is 0 Å². The molecular formula is C18H17ClN2O3S. The zero-order valence-electron chi connectivity index (χ0n) is 13.6. The predicted octanol–water partition coefficient (Wildman–Crippen LogP) is 4.10. The number of aromatic nitrogens is 1. The van der Waals surface area contributed by atoms with E-state index in [2.05, 4.69) is 10.3 Å². The van der Waals surface area contributed by atoms with Gasteiger partial charge in [0.05, 0.1) is 18.7 Å². The highest BCUT2D eigenvalue weighted by Crippen LogP contribution is 2.25. The van der Waals surface area contributed by atoms with Crippen LogP contribution >= 0.6 is 22.9 Å². The van der Waals surface area contributed by atoms with Crippen molar-refractivity contribution < 1.29 is 13.9 Å². The van der Waals surface area contributed by atoms with Gasteiger partial charge in [-0.2, -0.15) is 0 Å². The van der Waals surface area contributed by atoms with Crippen LogP contribution in [0.5, 0.6) is 5.75 Å². The molecule has 0 saturated heterocycles. The summed E-state index contributed by atoms with van der Waals surface area (Å²) in [7, 11) is 0. The molecule has 0 spiro atoms. The summed E-state index contributed by atoms with van der Waals surface area (Å²) in [5.74, 6) is 2.19. The van der Waals surface area contributed by atoms with E-state index in [0.29, 0.717) is 18.2 Å². The zero-order chi connectivity index (χ0) is 17.6. The van der Waals surface area contributed by atoms with Gasteiger partial charge in [0, 0.05) is 10.4 Å². The van der Waals surface area contributed by atoms with Gasteiger partial charge in [0.15, 0.2) is 10.8 Å². The van der Waals surface area contributed by atoms with Crippen LogP contribution in [0, 0.1) is 6.92 Å². The minimum atomic E-state index is -0.0906. The maximum Gasteiger partial charge on any atom is 0.226 e. The van der Waals surface area contributed by atoms with E-state index < -0.39 is 0 Å². The maximum atomic E-state index is 12.0. The summed E-state index contributed by atoms with van der Waals surface area (Å²) in [5, 5.41) is 6.13. The highest BCUT2D eigenvalue weighted by Gasteiger charge is 2.11. The van der Waals surface area contributed by atoms with Gasteiger partial charge in [-0.25, -0.2) is 4.98 Å².